The van der Waals surface area contributed by atoms with Crippen LogP contribution < -0.4 is 4.74 Å². The number of hydrogen-bond donors (Lipinski definition) is 1. The summed E-state index contributed by atoms with van der Waals surface area (Å²) in [7, 11) is 1.64. The molecule has 0 aliphatic heterocycles. The highest BCUT2D eigenvalue weighted by Gasteiger charge is 2.41. The van der Waals surface area contributed by atoms with Crippen LogP contribution in [0.25, 0.3) is 5.65 Å². The van der Waals surface area contributed by atoms with E-state index in [2.05, 4.69) is 15.9 Å². The van der Waals surface area contributed by atoms with Gasteiger partial charge in [-0.2, -0.15) is 0 Å². The van der Waals surface area contributed by atoms with Crippen LogP contribution in [0.5, 0.6) is 5.75 Å². The summed E-state index contributed by atoms with van der Waals surface area (Å²) in [5, 5.41) is 11.6. The molecule has 0 spiro atoms. The molecule has 2 aromatic heterocycles. The number of para-hydroxylation sites is 1. The molecule has 1 aliphatic carbocycles. The highest BCUT2D eigenvalue weighted by atomic mass is 79.9. The monoisotopic (exact) mass is 372 g/mol. The molecule has 1 aliphatic rings. The van der Waals surface area contributed by atoms with Crippen molar-refractivity contribution in [1.82, 2.24) is 9.38 Å². The van der Waals surface area contributed by atoms with Crippen molar-refractivity contribution >= 4 is 21.6 Å². The van der Waals surface area contributed by atoms with Gasteiger partial charge in [-0.3, -0.25) is 4.40 Å². The first kappa shape index (κ1) is 14.7. The lowest BCUT2D eigenvalue weighted by Crippen LogP contribution is -2.33. The minimum absolute atomic E-state index is 0.653. The second kappa shape index (κ2) is 5.35. The van der Waals surface area contributed by atoms with E-state index < -0.39 is 5.60 Å². The lowest BCUT2D eigenvalue weighted by molar-refractivity contribution is 0.0533. The van der Waals surface area contributed by atoms with Crippen molar-refractivity contribution in [3.05, 3.63) is 64.0 Å². The van der Waals surface area contributed by atoms with Gasteiger partial charge in [0.25, 0.3) is 0 Å². The molecule has 2 heterocycles. The van der Waals surface area contributed by atoms with E-state index in [1.165, 1.54) is 0 Å². The van der Waals surface area contributed by atoms with Crippen LogP contribution in [-0.4, -0.2) is 21.6 Å². The summed E-state index contributed by atoms with van der Waals surface area (Å²) in [5.74, 6) is 0.702. The third-order valence-corrected chi connectivity index (χ3v) is 5.02. The van der Waals surface area contributed by atoms with E-state index in [9.17, 15) is 5.11 Å². The fraction of sp³-hybridized carbons (Fsp3) is 0.278. The molecule has 1 aromatic carbocycles. The first-order valence-corrected chi connectivity index (χ1v) is 8.45. The van der Waals surface area contributed by atoms with Gasteiger partial charge in [-0.25, -0.2) is 4.98 Å². The van der Waals surface area contributed by atoms with Crippen LogP contribution in [0.3, 0.4) is 0 Å². The lowest BCUT2D eigenvalue weighted by atomic mass is 9.79. The molecule has 0 bridgehead atoms. The molecule has 118 valence electrons. The number of ether oxygens (including phenoxy) is 1. The van der Waals surface area contributed by atoms with Gasteiger partial charge in [-0.1, -0.05) is 18.2 Å². The average Bonchev–Trinajstić information content (AvgIpc) is 2.94. The minimum Gasteiger partial charge on any atom is -0.496 e. The van der Waals surface area contributed by atoms with Crippen LogP contribution in [0.1, 0.15) is 29.8 Å². The number of rotatable bonds is 2. The van der Waals surface area contributed by atoms with Gasteiger partial charge >= 0.3 is 0 Å². The molecule has 1 atom stereocenters. The Hall–Kier alpha value is -1.85. The second-order valence-electron chi connectivity index (χ2n) is 5.90. The van der Waals surface area contributed by atoms with Crippen LogP contribution in [0, 0.1) is 0 Å². The summed E-state index contributed by atoms with van der Waals surface area (Å²) >= 11 is 3.51. The summed E-state index contributed by atoms with van der Waals surface area (Å²) in [6.07, 6.45) is 4.40. The molecule has 23 heavy (non-hydrogen) atoms. The number of aromatic nitrogens is 2. The van der Waals surface area contributed by atoms with E-state index in [-0.39, 0.29) is 0 Å². The Morgan fingerprint density at radius 3 is 2.91 bits per heavy atom. The second-order valence-corrected chi connectivity index (χ2v) is 6.81. The third kappa shape index (κ3) is 2.18. The smallest absolute Gasteiger partial charge is 0.137 e. The third-order valence-electron chi connectivity index (χ3n) is 4.55. The fourth-order valence-corrected chi connectivity index (χ4v) is 3.90. The Morgan fingerprint density at radius 2 is 2.09 bits per heavy atom. The number of imidazole rings is 1. The number of pyridine rings is 1. The van der Waals surface area contributed by atoms with Crippen molar-refractivity contribution in [1.29, 1.82) is 0 Å². The predicted molar refractivity (Wildman–Crippen MR) is 91.8 cm³/mol. The lowest BCUT2D eigenvalue weighted by Gasteiger charge is -2.33. The fourth-order valence-electron chi connectivity index (χ4n) is 3.56. The van der Waals surface area contributed by atoms with Crippen molar-refractivity contribution in [3.8, 4) is 5.75 Å². The predicted octanol–water partition coefficient (Wildman–Crippen LogP) is 3.68. The van der Waals surface area contributed by atoms with E-state index in [1.807, 2.05) is 47.0 Å². The molecule has 1 unspecified atom stereocenters. The quantitative estimate of drug-likeness (QED) is 0.746. The van der Waals surface area contributed by atoms with Crippen molar-refractivity contribution in [3.63, 3.8) is 0 Å². The SMILES string of the molecule is COc1ccccc1C1(O)CCCc2nc3ccc(Br)cn3c21. The Bertz CT molecular complexity index is 890. The van der Waals surface area contributed by atoms with E-state index in [0.29, 0.717) is 12.2 Å². The molecule has 5 heteroatoms. The minimum atomic E-state index is -1.10. The molecular weight excluding hydrogens is 356 g/mol. The molecule has 4 nitrogen and oxygen atoms in total. The highest BCUT2D eigenvalue weighted by Crippen LogP contribution is 2.44. The van der Waals surface area contributed by atoms with Gasteiger partial charge in [0, 0.05) is 16.2 Å². The van der Waals surface area contributed by atoms with Crippen molar-refractivity contribution < 1.29 is 9.84 Å². The topological polar surface area (TPSA) is 46.8 Å². The molecule has 0 saturated heterocycles. The number of fused-ring (bicyclic) bond motifs is 3. The summed E-state index contributed by atoms with van der Waals surface area (Å²) in [4.78, 5) is 4.71. The maximum atomic E-state index is 11.6. The Labute approximate surface area is 142 Å². The standard InChI is InChI=1S/C18H17BrN2O2/c1-23-15-7-3-2-5-13(15)18(22)10-4-6-14-17(18)21-11-12(19)8-9-16(21)20-14/h2-3,5,7-9,11,22H,4,6,10H2,1H3. The summed E-state index contributed by atoms with van der Waals surface area (Å²) < 4.78 is 8.44. The van der Waals surface area contributed by atoms with Gasteiger partial charge in [0.2, 0.25) is 0 Å². The number of hydrogen-bond acceptors (Lipinski definition) is 3. The first-order chi connectivity index (χ1) is 11.1. The molecular formula is C18H17BrN2O2. The zero-order chi connectivity index (χ0) is 16.0. The number of benzene rings is 1. The van der Waals surface area contributed by atoms with Gasteiger partial charge in [0.1, 0.15) is 17.0 Å². The summed E-state index contributed by atoms with van der Waals surface area (Å²) in [5.41, 5.74) is 2.37. The number of halogens is 1. The van der Waals surface area contributed by atoms with Crippen LogP contribution in [0.15, 0.2) is 47.1 Å². The average molecular weight is 373 g/mol. The van der Waals surface area contributed by atoms with Crippen LogP contribution in [0.4, 0.5) is 0 Å². The van der Waals surface area contributed by atoms with Crippen molar-refractivity contribution in [2.24, 2.45) is 0 Å². The normalized spacial score (nSPS) is 20.5. The molecule has 4 rings (SSSR count). The van der Waals surface area contributed by atoms with Gasteiger partial charge in [0.15, 0.2) is 0 Å². The van der Waals surface area contributed by atoms with E-state index in [0.717, 1.165) is 39.9 Å². The maximum absolute atomic E-state index is 11.6. The Kier molecular flexibility index (Phi) is 3.43. The number of aryl methyl sites for hydroxylation is 1. The van der Waals surface area contributed by atoms with Crippen LogP contribution in [-0.2, 0) is 12.0 Å². The van der Waals surface area contributed by atoms with Crippen molar-refractivity contribution in [2.45, 2.75) is 24.9 Å². The van der Waals surface area contributed by atoms with Gasteiger partial charge in [-0.05, 0) is 53.4 Å². The molecule has 0 saturated carbocycles. The van der Waals surface area contributed by atoms with E-state index in [1.54, 1.807) is 7.11 Å². The first-order valence-electron chi connectivity index (χ1n) is 7.66. The molecule has 0 fully saturated rings. The zero-order valence-electron chi connectivity index (χ0n) is 12.8. The van der Waals surface area contributed by atoms with Gasteiger partial charge in [0.05, 0.1) is 18.5 Å². The van der Waals surface area contributed by atoms with Crippen LogP contribution >= 0.6 is 15.9 Å². The van der Waals surface area contributed by atoms with Crippen molar-refractivity contribution in [2.75, 3.05) is 7.11 Å². The largest absolute Gasteiger partial charge is 0.496 e. The van der Waals surface area contributed by atoms with E-state index >= 15 is 0 Å². The van der Waals surface area contributed by atoms with Gasteiger partial charge < -0.3 is 9.84 Å². The molecule has 0 radical (unpaired) electrons. The molecule has 1 N–H and O–H groups in total. The summed E-state index contributed by atoms with van der Waals surface area (Å²) in [6, 6.07) is 11.6. The molecule has 0 amide bonds. The van der Waals surface area contributed by atoms with E-state index in [4.69, 9.17) is 9.72 Å². The highest BCUT2D eigenvalue weighted by molar-refractivity contribution is 9.10. The number of aliphatic hydroxyl groups is 1. The number of nitrogens with zero attached hydrogens (tertiary/aromatic N) is 2. The summed E-state index contributed by atoms with van der Waals surface area (Å²) in [6.45, 7) is 0. The number of methoxy groups -OCH3 is 1. The Balaban J connectivity index is 2.03. The maximum Gasteiger partial charge on any atom is 0.137 e. The van der Waals surface area contributed by atoms with Crippen LogP contribution in [0.2, 0.25) is 0 Å². The van der Waals surface area contributed by atoms with Gasteiger partial charge in [-0.15, -0.1) is 0 Å². The molecule has 3 aromatic rings. The Morgan fingerprint density at radius 1 is 1.26 bits per heavy atom. The zero-order valence-corrected chi connectivity index (χ0v) is 14.4.